The number of carbonyl (C=O) groups is 1. The van der Waals surface area contributed by atoms with Crippen LogP contribution in [0.5, 0.6) is 0 Å². The maximum Gasteiger partial charge on any atom is 0.226 e. The molecule has 0 spiro atoms. The van der Waals surface area contributed by atoms with E-state index in [0.717, 1.165) is 17.4 Å². The molecule has 7 heteroatoms. The molecule has 0 N–H and O–H groups in total. The molecular formula is C11H12N5O2. The van der Waals surface area contributed by atoms with Crippen LogP contribution in [-0.2, 0) is 16.6 Å². The van der Waals surface area contributed by atoms with Crippen molar-refractivity contribution in [3.63, 3.8) is 0 Å². The molecule has 7 nitrogen and oxygen atoms in total. The summed E-state index contributed by atoms with van der Waals surface area (Å²) in [6.45, 7) is 1.82. The molecule has 1 amide bonds. The number of aromatic nitrogens is 4. The van der Waals surface area contributed by atoms with Crippen LogP contribution < -0.4 is 0 Å². The lowest BCUT2D eigenvalue weighted by atomic mass is 9.96. The second kappa shape index (κ2) is 3.94. The summed E-state index contributed by atoms with van der Waals surface area (Å²) in [5.74, 6) is 2.40. The Morgan fingerprint density at radius 3 is 2.94 bits per heavy atom. The third-order valence-electron chi connectivity index (χ3n) is 3.04. The minimum atomic E-state index is -0.0225. The number of allylic oxidation sites excluding steroid dienone is 3. The number of hydrogen-bond donors (Lipinski definition) is 0. The largest absolute Gasteiger partial charge is 0.471 e. The van der Waals surface area contributed by atoms with Crippen molar-refractivity contribution in [1.82, 2.24) is 25.1 Å². The Morgan fingerprint density at radius 1 is 1.44 bits per heavy atom. The average Bonchev–Trinajstić information content (AvgIpc) is 2.93. The lowest BCUT2D eigenvalue weighted by Crippen LogP contribution is -2.27. The third kappa shape index (κ3) is 1.59. The molecule has 1 aliphatic carbocycles. The summed E-state index contributed by atoms with van der Waals surface area (Å²) in [5, 5.41) is 11.4. The topological polar surface area (TPSA) is 73.1 Å². The Labute approximate surface area is 104 Å². The van der Waals surface area contributed by atoms with E-state index in [1.807, 2.05) is 12.2 Å². The van der Waals surface area contributed by atoms with Crippen LogP contribution in [-0.4, -0.2) is 37.7 Å². The molecule has 93 valence electrons. The van der Waals surface area contributed by atoms with Gasteiger partial charge in [-0.2, -0.15) is 0 Å². The fraction of sp³-hybridized carbons (Fsp3) is 0.364. The van der Waals surface area contributed by atoms with Crippen molar-refractivity contribution in [3.8, 4) is 0 Å². The lowest BCUT2D eigenvalue weighted by Gasteiger charge is -2.20. The lowest BCUT2D eigenvalue weighted by molar-refractivity contribution is -0.128. The molecule has 0 aromatic carbocycles. The molecule has 0 fully saturated rings. The predicted octanol–water partition coefficient (Wildman–Crippen LogP) is 0.140. The zero-order valence-electron chi connectivity index (χ0n) is 10.1. The van der Waals surface area contributed by atoms with Crippen LogP contribution in [0.2, 0.25) is 0 Å². The standard InChI is InChI=1S/C11H12N5O2/c1-7(17)16-6-18-10-4-3-8(5-9(10)16)11-12-13-14-15(11)2/h3-4H,5-6H2,1-2H3. The van der Waals surface area contributed by atoms with E-state index in [9.17, 15) is 4.79 Å². The smallest absolute Gasteiger partial charge is 0.226 e. The molecule has 1 aliphatic heterocycles. The number of ether oxygens (including phenoxy) is 1. The first kappa shape index (κ1) is 10.9. The summed E-state index contributed by atoms with van der Waals surface area (Å²) in [7, 11) is 1.79. The highest BCUT2D eigenvalue weighted by atomic mass is 16.5. The first-order valence-corrected chi connectivity index (χ1v) is 5.57. The summed E-state index contributed by atoms with van der Waals surface area (Å²) < 4.78 is 7.06. The number of amides is 1. The Kier molecular flexibility index (Phi) is 2.39. The highest BCUT2D eigenvalue weighted by Crippen LogP contribution is 2.35. The Balaban J connectivity index is 1.88. The fourth-order valence-electron chi connectivity index (χ4n) is 2.11. The molecule has 0 saturated heterocycles. The first-order valence-electron chi connectivity index (χ1n) is 5.57. The molecule has 0 atom stereocenters. The maximum absolute atomic E-state index is 11.5. The van der Waals surface area contributed by atoms with E-state index in [0.29, 0.717) is 12.2 Å². The van der Waals surface area contributed by atoms with Crippen LogP contribution in [0.4, 0.5) is 0 Å². The van der Waals surface area contributed by atoms with Gasteiger partial charge in [0.25, 0.3) is 0 Å². The van der Waals surface area contributed by atoms with Gasteiger partial charge in [0.05, 0.1) is 11.6 Å². The molecule has 1 radical (unpaired) electrons. The van der Waals surface area contributed by atoms with Gasteiger partial charge in [0.2, 0.25) is 5.91 Å². The molecule has 2 aliphatic rings. The molecule has 0 unspecified atom stereocenters. The van der Waals surface area contributed by atoms with E-state index in [-0.39, 0.29) is 12.6 Å². The van der Waals surface area contributed by atoms with Gasteiger partial charge in [0.15, 0.2) is 12.6 Å². The summed E-state index contributed by atoms with van der Waals surface area (Å²) in [6.07, 6.45) is 4.37. The van der Waals surface area contributed by atoms with E-state index in [1.165, 1.54) is 6.92 Å². The maximum atomic E-state index is 11.5. The van der Waals surface area contributed by atoms with Crippen molar-refractivity contribution >= 4 is 5.91 Å². The van der Waals surface area contributed by atoms with Crippen LogP contribution in [0.1, 0.15) is 19.2 Å². The van der Waals surface area contributed by atoms with Crippen LogP contribution in [0.25, 0.3) is 0 Å². The molecule has 0 bridgehead atoms. The van der Waals surface area contributed by atoms with Gasteiger partial charge >= 0.3 is 0 Å². The van der Waals surface area contributed by atoms with E-state index < -0.39 is 0 Å². The minimum absolute atomic E-state index is 0.0225. The third-order valence-corrected chi connectivity index (χ3v) is 3.04. The summed E-state index contributed by atoms with van der Waals surface area (Å²) >= 11 is 0. The monoisotopic (exact) mass is 246 g/mol. The zero-order valence-corrected chi connectivity index (χ0v) is 10.1. The summed E-state index contributed by atoms with van der Waals surface area (Å²) in [5.41, 5.74) is 0.878. The van der Waals surface area contributed by atoms with Crippen molar-refractivity contribution < 1.29 is 9.53 Å². The highest BCUT2D eigenvalue weighted by molar-refractivity contribution is 5.76. The molecule has 1 aromatic heterocycles. The van der Waals surface area contributed by atoms with Gasteiger partial charge in [-0.15, -0.1) is 5.10 Å². The Morgan fingerprint density at radius 2 is 2.28 bits per heavy atom. The molecular weight excluding hydrogens is 234 g/mol. The van der Waals surface area contributed by atoms with E-state index >= 15 is 0 Å². The minimum Gasteiger partial charge on any atom is -0.471 e. The van der Waals surface area contributed by atoms with Gasteiger partial charge in [-0.05, 0) is 16.5 Å². The highest BCUT2D eigenvalue weighted by Gasteiger charge is 2.32. The van der Waals surface area contributed by atoms with Gasteiger partial charge in [-0.25, -0.2) is 4.68 Å². The van der Waals surface area contributed by atoms with E-state index in [1.54, 1.807) is 16.6 Å². The molecule has 3 rings (SSSR count). The van der Waals surface area contributed by atoms with Crippen LogP contribution in [0.15, 0.2) is 23.6 Å². The second-order valence-electron chi connectivity index (χ2n) is 4.19. The number of tetrazole rings is 1. The van der Waals surface area contributed by atoms with Gasteiger partial charge in [0.1, 0.15) is 5.76 Å². The number of carbonyl (C=O) groups excluding carboxylic acids is 1. The Hall–Kier alpha value is -2.18. The molecule has 18 heavy (non-hydrogen) atoms. The fourth-order valence-corrected chi connectivity index (χ4v) is 2.11. The number of aryl methyl sites for hydroxylation is 1. The predicted molar refractivity (Wildman–Crippen MR) is 60.4 cm³/mol. The van der Waals surface area contributed by atoms with E-state index in [2.05, 4.69) is 15.5 Å². The number of nitrogens with zero attached hydrogens (tertiary/aromatic N) is 5. The number of hydrogen-bond acceptors (Lipinski definition) is 5. The van der Waals surface area contributed by atoms with Gasteiger partial charge in [0, 0.05) is 20.4 Å². The zero-order chi connectivity index (χ0) is 12.7. The number of rotatable bonds is 1. The summed E-state index contributed by atoms with van der Waals surface area (Å²) in [4.78, 5) is 13.1. The normalized spacial score (nSPS) is 19.1. The molecule has 1 aromatic rings. The van der Waals surface area contributed by atoms with Crippen molar-refractivity contribution in [2.75, 3.05) is 6.73 Å². The first-order chi connectivity index (χ1) is 8.66. The van der Waals surface area contributed by atoms with Crippen molar-refractivity contribution in [3.05, 3.63) is 35.4 Å². The van der Waals surface area contributed by atoms with Crippen LogP contribution in [0, 0.1) is 5.92 Å². The van der Waals surface area contributed by atoms with Gasteiger partial charge in [-0.1, -0.05) is 6.08 Å². The average molecular weight is 246 g/mol. The SMILES string of the molecule is CC(=O)N1COC2=C1C[C](c1nnnn1C)C=C2. The summed E-state index contributed by atoms with van der Waals surface area (Å²) in [6, 6.07) is 0. The van der Waals surface area contributed by atoms with Gasteiger partial charge < -0.3 is 4.74 Å². The van der Waals surface area contributed by atoms with Crippen LogP contribution in [0.3, 0.4) is 0 Å². The quantitative estimate of drug-likeness (QED) is 0.704. The molecule has 2 heterocycles. The Bertz CT molecular complexity index is 560. The van der Waals surface area contributed by atoms with E-state index in [4.69, 9.17) is 4.74 Å². The van der Waals surface area contributed by atoms with Crippen molar-refractivity contribution in [2.24, 2.45) is 7.05 Å². The van der Waals surface area contributed by atoms with Crippen LogP contribution >= 0.6 is 0 Å². The second-order valence-corrected chi connectivity index (χ2v) is 4.19. The molecule has 0 saturated carbocycles. The van der Waals surface area contributed by atoms with Crippen molar-refractivity contribution in [2.45, 2.75) is 13.3 Å². The van der Waals surface area contributed by atoms with Gasteiger partial charge in [-0.3, -0.25) is 9.69 Å². The van der Waals surface area contributed by atoms with Crippen molar-refractivity contribution in [1.29, 1.82) is 0 Å².